The summed E-state index contributed by atoms with van der Waals surface area (Å²) in [6.45, 7) is 5.49. The molecule has 6 heteroatoms. The Morgan fingerprint density at radius 3 is 2.54 bits per heavy atom. The Labute approximate surface area is 163 Å². The monoisotopic (exact) mass is 378 g/mol. The minimum Gasteiger partial charge on any atom is -0.467 e. The molecule has 28 heavy (non-hydrogen) atoms. The SMILES string of the molecule is COC(=O)[C@H](C)N=C[C@@H]1C(=O)N(c2ccc(C)c(C)c2)C(=O)c2ccccc21. The number of ether oxygens (including phenoxy) is 1. The van der Waals surface area contributed by atoms with Gasteiger partial charge in [0.2, 0.25) is 5.91 Å². The van der Waals surface area contributed by atoms with Gasteiger partial charge in [0.25, 0.3) is 5.91 Å². The van der Waals surface area contributed by atoms with Crippen molar-refractivity contribution in [2.24, 2.45) is 4.99 Å². The van der Waals surface area contributed by atoms with Crippen molar-refractivity contribution >= 4 is 29.7 Å². The molecule has 0 aromatic heterocycles. The maximum absolute atomic E-state index is 13.2. The minimum atomic E-state index is -0.761. The summed E-state index contributed by atoms with van der Waals surface area (Å²) < 4.78 is 4.68. The summed E-state index contributed by atoms with van der Waals surface area (Å²) >= 11 is 0. The van der Waals surface area contributed by atoms with Crippen molar-refractivity contribution in [2.75, 3.05) is 12.0 Å². The highest BCUT2D eigenvalue weighted by Gasteiger charge is 2.39. The number of aliphatic imine (C=N–C) groups is 1. The standard InChI is InChI=1S/C22H22N2O4/c1-13-9-10-16(11-14(13)2)24-20(25)18-8-6-5-7-17(18)19(21(24)26)12-23-15(3)22(27)28-4/h5-12,15,19H,1-4H3/t15-,19-/m0/s1. The number of hydrogen-bond donors (Lipinski definition) is 0. The Bertz CT molecular complexity index is 980. The molecule has 0 radical (unpaired) electrons. The van der Waals surface area contributed by atoms with Gasteiger partial charge in [-0.2, -0.15) is 0 Å². The van der Waals surface area contributed by atoms with Crippen LogP contribution in [0.4, 0.5) is 5.69 Å². The van der Waals surface area contributed by atoms with E-state index in [1.165, 1.54) is 18.2 Å². The molecular weight excluding hydrogens is 356 g/mol. The van der Waals surface area contributed by atoms with Gasteiger partial charge in [0.15, 0.2) is 0 Å². The predicted molar refractivity (Wildman–Crippen MR) is 107 cm³/mol. The minimum absolute atomic E-state index is 0.366. The van der Waals surface area contributed by atoms with Crippen LogP contribution in [0.3, 0.4) is 0 Å². The van der Waals surface area contributed by atoms with Crippen molar-refractivity contribution in [1.29, 1.82) is 0 Å². The van der Waals surface area contributed by atoms with Crippen LogP contribution in [-0.4, -0.2) is 37.1 Å². The molecule has 0 bridgehead atoms. The summed E-state index contributed by atoms with van der Waals surface area (Å²) in [5.74, 6) is -2.01. The Morgan fingerprint density at radius 2 is 1.86 bits per heavy atom. The topological polar surface area (TPSA) is 76.0 Å². The predicted octanol–water partition coefficient (Wildman–Crippen LogP) is 3.21. The van der Waals surface area contributed by atoms with E-state index >= 15 is 0 Å². The number of amides is 2. The van der Waals surface area contributed by atoms with Crippen LogP contribution in [0.15, 0.2) is 47.5 Å². The second kappa shape index (κ2) is 7.76. The average Bonchev–Trinajstić information content (AvgIpc) is 2.69. The summed E-state index contributed by atoms with van der Waals surface area (Å²) in [5.41, 5.74) is 3.61. The number of imide groups is 1. The first-order chi connectivity index (χ1) is 13.3. The number of carbonyl (C=O) groups excluding carboxylic acids is 3. The lowest BCUT2D eigenvalue weighted by atomic mass is 9.88. The summed E-state index contributed by atoms with van der Waals surface area (Å²) in [6.07, 6.45) is 1.43. The van der Waals surface area contributed by atoms with Gasteiger partial charge in [-0.05, 0) is 55.7 Å². The molecule has 2 aromatic rings. The van der Waals surface area contributed by atoms with Crippen LogP contribution in [0.25, 0.3) is 0 Å². The number of esters is 1. The van der Waals surface area contributed by atoms with Gasteiger partial charge in [-0.25, -0.2) is 9.69 Å². The zero-order chi connectivity index (χ0) is 20.4. The van der Waals surface area contributed by atoms with Crippen molar-refractivity contribution in [3.05, 3.63) is 64.7 Å². The normalized spacial score (nSPS) is 17.6. The van der Waals surface area contributed by atoms with Crippen molar-refractivity contribution in [3.8, 4) is 0 Å². The number of methoxy groups -OCH3 is 1. The van der Waals surface area contributed by atoms with E-state index in [0.717, 1.165) is 11.1 Å². The van der Waals surface area contributed by atoms with Crippen molar-refractivity contribution < 1.29 is 19.1 Å². The van der Waals surface area contributed by atoms with Gasteiger partial charge in [-0.3, -0.25) is 14.6 Å². The third-order valence-corrected chi connectivity index (χ3v) is 4.97. The second-order valence-corrected chi connectivity index (χ2v) is 6.81. The number of aryl methyl sites for hydroxylation is 2. The lowest BCUT2D eigenvalue weighted by molar-refractivity contribution is -0.141. The van der Waals surface area contributed by atoms with E-state index in [-0.39, 0.29) is 5.91 Å². The largest absolute Gasteiger partial charge is 0.467 e. The molecule has 0 saturated heterocycles. The molecule has 1 aliphatic rings. The fraction of sp³-hybridized carbons (Fsp3) is 0.273. The van der Waals surface area contributed by atoms with Crippen LogP contribution < -0.4 is 4.90 Å². The third-order valence-electron chi connectivity index (χ3n) is 4.97. The Morgan fingerprint density at radius 1 is 1.14 bits per heavy atom. The first-order valence-corrected chi connectivity index (χ1v) is 9.00. The molecule has 0 N–H and O–H groups in total. The zero-order valence-corrected chi connectivity index (χ0v) is 16.3. The number of rotatable bonds is 4. The number of fused-ring (bicyclic) bond motifs is 1. The highest BCUT2D eigenvalue weighted by atomic mass is 16.5. The molecule has 1 aliphatic heterocycles. The molecular formula is C22H22N2O4. The van der Waals surface area contributed by atoms with Crippen molar-refractivity contribution in [2.45, 2.75) is 32.7 Å². The summed E-state index contributed by atoms with van der Waals surface area (Å²) in [5, 5.41) is 0. The Balaban J connectivity index is 2.06. The van der Waals surface area contributed by atoms with Crippen LogP contribution >= 0.6 is 0 Å². The lowest BCUT2D eigenvalue weighted by Gasteiger charge is -2.31. The van der Waals surface area contributed by atoms with Crippen LogP contribution in [0.1, 0.15) is 39.9 Å². The Kier molecular flexibility index (Phi) is 5.40. The third kappa shape index (κ3) is 3.45. The van der Waals surface area contributed by atoms with Crippen molar-refractivity contribution in [3.63, 3.8) is 0 Å². The number of carbonyl (C=O) groups is 3. The Hall–Kier alpha value is -3.28. The molecule has 0 spiro atoms. The van der Waals surface area contributed by atoms with E-state index in [1.54, 1.807) is 37.3 Å². The summed E-state index contributed by atoms with van der Waals surface area (Å²) in [7, 11) is 1.29. The maximum Gasteiger partial charge on any atom is 0.330 e. The number of benzene rings is 2. The summed E-state index contributed by atoms with van der Waals surface area (Å²) in [6, 6.07) is 11.7. The lowest BCUT2D eigenvalue weighted by Crippen LogP contribution is -2.45. The van der Waals surface area contributed by atoms with E-state index in [0.29, 0.717) is 16.8 Å². The molecule has 0 saturated carbocycles. The van der Waals surface area contributed by atoms with Crippen LogP contribution in [-0.2, 0) is 14.3 Å². The van der Waals surface area contributed by atoms with Gasteiger partial charge in [-0.1, -0.05) is 24.3 Å². The average molecular weight is 378 g/mol. The van der Waals surface area contributed by atoms with E-state index < -0.39 is 23.8 Å². The fourth-order valence-corrected chi connectivity index (χ4v) is 3.16. The molecule has 0 aliphatic carbocycles. The van der Waals surface area contributed by atoms with E-state index in [4.69, 9.17) is 0 Å². The van der Waals surface area contributed by atoms with Crippen LogP contribution in [0.5, 0.6) is 0 Å². The van der Waals surface area contributed by atoms with E-state index in [2.05, 4.69) is 9.73 Å². The summed E-state index contributed by atoms with van der Waals surface area (Å²) in [4.78, 5) is 43.3. The maximum atomic E-state index is 13.2. The van der Waals surface area contributed by atoms with Gasteiger partial charge in [0.05, 0.1) is 18.7 Å². The molecule has 6 nitrogen and oxygen atoms in total. The van der Waals surface area contributed by atoms with Crippen LogP contribution in [0, 0.1) is 13.8 Å². The first kappa shape index (κ1) is 19.5. The zero-order valence-electron chi connectivity index (χ0n) is 16.3. The van der Waals surface area contributed by atoms with Crippen LogP contribution in [0.2, 0.25) is 0 Å². The van der Waals surface area contributed by atoms with Gasteiger partial charge in [-0.15, -0.1) is 0 Å². The molecule has 0 unspecified atom stereocenters. The molecule has 2 atom stereocenters. The molecule has 0 fully saturated rings. The molecule has 2 amide bonds. The van der Waals surface area contributed by atoms with Gasteiger partial charge < -0.3 is 4.74 Å². The smallest absolute Gasteiger partial charge is 0.330 e. The highest BCUT2D eigenvalue weighted by molar-refractivity contribution is 6.29. The van der Waals surface area contributed by atoms with Crippen molar-refractivity contribution in [1.82, 2.24) is 0 Å². The van der Waals surface area contributed by atoms with E-state index in [9.17, 15) is 14.4 Å². The molecule has 3 rings (SSSR count). The van der Waals surface area contributed by atoms with Gasteiger partial charge in [0, 0.05) is 11.8 Å². The van der Waals surface area contributed by atoms with Gasteiger partial charge >= 0.3 is 5.97 Å². The number of hydrogen-bond acceptors (Lipinski definition) is 5. The number of nitrogens with zero attached hydrogens (tertiary/aromatic N) is 2. The number of anilines is 1. The molecule has 144 valence electrons. The quantitative estimate of drug-likeness (QED) is 0.465. The second-order valence-electron chi connectivity index (χ2n) is 6.81. The fourth-order valence-electron chi connectivity index (χ4n) is 3.16. The molecule has 2 aromatic carbocycles. The molecule has 1 heterocycles. The van der Waals surface area contributed by atoms with Gasteiger partial charge in [0.1, 0.15) is 6.04 Å². The van der Waals surface area contributed by atoms with E-state index in [1.807, 2.05) is 26.0 Å². The first-order valence-electron chi connectivity index (χ1n) is 9.00. The highest BCUT2D eigenvalue weighted by Crippen LogP contribution is 2.32.